The average molecular weight is 626 g/mol. The van der Waals surface area contributed by atoms with Crippen LogP contribution in [-0.2, 0) is 41.6 Å². The molecule has 13 nitrogen and oxygen atoms in total. The van der Waals surface area contributed by atoms with Crippen LogP contribution in [0.3, 0.4) is 0 Å². The second-order valence-corrected chi connectivity index (χ2v) is 11.0. The molecule has 0 radical (unpaired) electrons. The lowest BCUT2D eigenvalue weighted by molar-refractivity contribution is -0.142. The summed E-state index contributed by atoms with van der Waals surface area (Å²) in [6, 6.07) is 11.6. The highest BCUT2D eigenvalue weighted by molar-refractivity contribution is 5.95. The van der Waals surface area contributed by atoms with E-state index in [1.54, 1.807) is 67.6 Å². The first-order valence-electron chi connectivity index (χ1n) is 14.8. The lowest BCUT2D eigenvalue weighted by Gasteiger charge is -2.27. The zero-order valence-corrected chi connectivity index (χ0v) is 25.7. The summed E-state index contributed by atoms with van der Waals surface area (Å²) in [6.07, 6.45) is -0.0699. The number of carbonyl (C=O) groups excluding carboxylic acids is 4. The minimum Gasteiger partial charge on any atom is -0.481 e. The zero-order chi connectivity index (χ0) is 33.5. The van der Waals surface area contributed by atoms with Gasteiger partial charge in [-0.25, -0.2) is 0 Å². The number of amides is 4. The molecule has 0 spiro atoms. The summed E-state index contributed by atoms with van der Waals surface area (Å²) in [6.45, 7) is 4.92. The van der Waals surface area contributed by atoms with E-state index in [9.17, 15) is 39.0 Å². The first kappa shape index (κ1) is 36.4. The molecule has 0 aliphatic carbocycles. The van der Waals surface area contributed by atoms with Gasteiger partial charge in [-0.1, -0.05) is 80.9 Å². The van der Waals surface area contributed by atoms with E-state index >= 15 is 0 Å². The molecule has 0 bridgehead atoms. The molecule has 45 heavy (non-hydrogen) atoms. The fraction of sp³-hybridized carbons (Fsp3) is 0.438. The quantitative estimate of drug-likeness (QED) is 0.124. The molecule has 0 aromatic heterocycles. The number of nitrogens with two attached hydrogens (primary N) is 1. The lowest BCUT2D eigenvalue weighted by atomic mass is 9.98. The Kier molecular flexibility index (Phi) is 14.7. The second kappa shape index (κ2) is 18.1. The Morgan fingerprint density at radius 2 is 1.09 bits per heavy atom. The molecule has 0 fully saturated rings. The Morgan fingerprint density at radius 1 is 0.667 bits per heavy atom. The van der Waals surface area contributed by atoms with Crippen LogP contribution in [0.4, 0.5) is 0 Å². The van der Waals surface area contributed by atoms with Gasteiger partial charge in [-0.3, -0.25) is 28.8 Å². The van der Waals surface area contributed by atoms with Crippen molar-refractivity contribution in [1.82, 2.24) is 21.3 Å². The highest BCUT2D eigenvalue weighted by Crippen LogP contribution is 2.10. The monoisotopic (exact) mass is 625 g/mol. The predicted molar refractivity (Wildman–Crippen MR) is 166 cm³/mol. The van der Waals surface area contributed by atoms with Gasteiger partial charge >= 0.3 is 11.9 Å². The van der Waals surface area contributed by atoms with Crippen LogP contribution in [0, 0.1) is 5.92 Å². The largest absolute Gasteiger partial charge is 0.481 e. The van der Waals surface area contributed by atoms with Crippen molar-refractivity contribution in [2.24, 2.45) is 11.7 Å². The fourth-order valence-corrected chi connectivity index (χ4v) is 4.36. The molecular weight excluding hydrogens is 582 g/mol. The van der Waals surface area contributed by atoms with Crippen molar-refractivity contribution in [2.75, 3.05) is 0 Å². The van der Waals surface area contributed by atoms with Crippen molar-refractivity contribution in [3.8, 4) is 0 Å². The number of nitrogens with one attached hydrogen (secondary N) is 4. The van der Waals surface area contributed by atoms with E-state index in [4.69, 9.17) is 5.73 Å². The molecule has 2 aromatic carbocycles. The fourth-order valence-electron chi connectivity index (χ4n) is 4.36. The molecule has 0 aliphatic rings. The maximum absolute atomic E-state index is 13.7. The smallest absolute Gasteiger partial charge is 0.325 e. The third-order valence-corrected chi connectivity index (χ3v) is 7.40. The number of hydrogen-bond acceptors (Lipinski definition) is 7. The van der Waals surface area contributed by atoms with Crippen LogP contribution in [0.1, 0.15) is 51.2 Å². The standard InChI is InChI=1S/C32H43N5O8/c1-4-19(2)27(33)31(43)35-23(15-16-26(38)39)28(40)36-25(18-22-13-9-6-10-14-22)30(42)37-24(17-21-11-7-5-8-12-21)29(41)34-20(3)32(44)45/h5-14,19-20,23-25,27H,4,15-18,33H2,1-3H3,(H,34,41)(H,35,43)(H,36,40)(H,37,42)(H,38,39)(H,44,45)/t19-,20-,23-,24-,25-,27-/m0/s1. The average Bonchev–Trinajstić information content (AvgIpc) is 3.02. The molecule has 244 valence electrons. The van der Waals surface area contributed by atoms with Crippen LogP contribution in [0.25, 0.3) is 0 Å². The van der Waals surface area contributed by atoms with Gasteiger partial charge in [0.05, 0.1) is 6.04 Å². The molecule has 0 saturated heterocycles. The van der Waals surface area contributed by atoms with Crippen LogP contribution in [0.2, 0.25) is 0 Å². The first-order valence-corrected chi connectivity index (χ1v) is 14.8. The topological polar surface area (TPSA) is 217 Å². The SMILES string of the molecule is CC[C@H](C)[C@H](N)C(=O)N[C@@H](CCC(=O)O)C(=O)N[C@@H](Cc1ccccc1)C(=O)N[C@@H](Cc1ccccc1)C(=O)N[C@@H](C)C(=O)O. The minimum absolute atomic E-state index is 0.00437. The summed E-state index contributed by atoms with van der Waals surface area (Å²) in [5.41, 5.74) is 7.39. The van der Waals surface area contributed by atoms with Crippen molar-refractivity contribution < 1.29 is 39.0 Å². The lowest BCUT2D eigenvalue weighted by Crippen LogP contribution is -2.59. The van der Waals surface area contributed by atoms with E-state index in [1.807, 2.05) is 6.92 Å². The van der Waals surface area contributed by atoms with Crippen LogP contribution >= 0.6 is 0 Å². The summed E-state index contributed by atoms with van der Waals surface area (Å²) in [5.74, 6) is -5.57. The Morgan fingerprint density at radius 3 is 1.51 bits per heavy atom. The van der Waals surface area contributed by atoms with E-state index in [-0.39, 0.29) is 25.2 Å². The number of carboxylic acids is 2. The molecule has 0 heterocycles. The molecule has 13 heteroatoms. The van der Waals surface area contributed by atoms with Gasteiger partial charge in [0, 0.05) is 19.3 Å². The number of carboxylic acid groups (broad SMARTS) is 2. The van der Waals surface area contributed by atoms with Gasteiger partial charge in [0.1, 0.15) is 24.2 Å². The van der Waals surface area contributed by atoms with Crippen molar-refractivity contribution >= 4 is 35.6 Å². The van der Waals surface area contributed by atoms with Crippen molar-refractivity contribution in [2.45, 2.75) is 83.1 Å². The van der Waals surface area contributed by atoms with E-state index in [1.165, 1.54) is 6.92 Å². The molecule has 8 N–H and O–H groups in total. The summed E-state index contributed by atoms with van der Waals surface area (Å²) >= 11 is 0. The van der Waals surface area contributed by atoms with Crippen molar-refractivity contribution in [3.63, 3.8) is 0 Å². The van der Waals surface area contributed by atoms with Crippen LogP contribution in [-0.4, -0.2) is 76.0 Å². The Bertz CT molecular complexity index is 1310. The molecule has 0 saturated carbocycles. The van der Waals surface area contributed by atoms with E-state index in [2.05, 4.69) is 21.3 Å². The molecule has 0 aliphatic heterocycles. The van der Waals surface area contributed by atoms with Gasteiger partial charge in [-0.2, -0.15) is 0 Å². The van der Waals surface area contributed by atoms with Crippen LogP contribution in [0.15, 0.2) is 60.7 Å². The second-order valence-electron chi connectivity index (χ2n) is 11.0. The number of rotatable bonds is 18. The first-order chi connectivity index (χ1) is 21.3. The van der Waals surface area contributed by atoms with Crippen molar-refractivity contribution in [1.29, 1.82) is 0 Å². The molecule has 2 rings (SSSR count). The number of aliphatic carboxylic acids is 2. The summed E-state index contributed by atoms with van der Waals surface area (Å²) in [7, 11) is 0. The number of carbonyl (C=O) groups is 6. The summed E-state index contributed by atoms with van der Waals surface area (Å²) in [5, 5.41) is 28.7. The third-order valence-electron chi connectivity index (χ3n) is 7.40. The predicted octanol–water partition coefficient (Wildman–Crippen LogP) is 0.754. The van der Waals surface area contributed by atoms with E-state index in [0.29, 0.717) is 17.5 Å². The maximum atomic E-state index is 13.7. The normalized spacial score (nSPS) is 14.8. The number of hydrogen-bond donors (Lipinski definition) is 7. The van der Waals surface area contributed by atoms with E-state index < -0.39 is 72.2 Å². The Labute approximate surface area is 262 Å². The minimum atomic E-state index is -1.31. The highest BCUT2D eigenvalue weighted by Gasteiger charge is 2.32. The summed E-state index contributed by atoms with van der Waals surface area (Å²) in [4.78, 5) is 75.9. The molecule has 4 amide bonds. The van der Waals surface area contributed by atoms with E-state index in [0.717, 1.165) is 0 Å². The Hall–Kier alpha value is -4.78. The van der Waals surface area contributed by atoms with Gasteiger partial charge in [-0.15, -0.1) is 0 Å². The molecular formula is C32H43N5O8. The van der Waals surface area contributed by atoms with Crippen molar-refractivity contribution in [3.05, 3.63) is 71.8 Å². The molecule has 0 unspecified atom stereocenters. The van der Waals surface area contributed by atoms with Gasteiger partial charge in [-0.05, 0) is 30.4 Å². The summed E-state index contributed by atoms with van der Waals surface area (Å²) < 4.78 is 0. The third kappa shape index (κ3) is 12.4. The zero-order valence-electron chi connectivity index (χ0n) is 25.7. The van der Waals surface area contributed by atoms with Gasteiger partial charge in [0.2, 0.25) is 23.6 Å². The molecule has 6 atom stereocenters. The van der Waals surface area contributed by atoms with Gasteiger partial charge < -0.3 is 37.2 Å². The van der Waals surface area contributed by atoms with Crippen LogP contribution < -0.4 is 27.0 Å². The Balaban J connectivity index is 2.36. The maximum Gasteiger partial charge on any atom is 0.325 e. The van der Waals surface area contributed by atoms with Gasteiger partial charge in [0.25, 0.3) is 0 Å². The molecule has 2 aromatic rings. The van der Waals surface area contributed by atoms with Gasteiger partial charge in [0.15, 0.2) is 0 Å². The van der Waals surface area contributed by atoms with Crippen LogP contribution in [0.5, 0.6) is 0 Å². The number of benzene rings is 2. The highest BCUT2D eigenvalue weighted by atomic mass is 16.4.